The van der Waals surface area contributed by atoms with E-state index in [-0.39, 0.29) is 13.0 Å². The average molecular weight is 291 g/mol. The summed E-state index contributed by atoms with van der Waals surface area (Å²) in [6, 6.07) is 6.22. The van der Waals surface area contributed by atoms with Crippen molar-refractivity contribution >= 4 is 17.7 Å². The predicted molar refractivity (Wildman–Crippen MR) is 76.2 cm³/mol. The molecule has 0 heterocycles. The molecular weight excluding hydrogens is 274 g/mol. The van der Waals surface area contributed by atoms with Crippen molar-refractivity contribution < 1.29 is 19.4 Å². The summed E-state index contributed by atoms with van der Waals surface area (Å²) in [6.07, 6.45) is -0.138. The first-order valence-corrected chi connectivity index (χ1v) is 6.38. The van der Waals surface area contributed by atoms with E-state index in [0.717, 1.165) is 0 Å². The van der Waals surface area contributed by atoms with Gasteiger partial charge in [-0.05, 0) is 25.1 Å². The van der Waals surface area contributed by atoms with Gasteiger partial charge in [-0.15, -0.1) is 0 Å². The van der Waals surface area contributed by atoms with Crippen LogP contribution in [0.5, 0.6) is 5.75 Å². The Hall–Kier alpha value is -2.75. The van der Waals surface area contributed by atoms with Gasteiger partial charge in [0.1, 0.15) is 5.75 Å². The zero-order valence-corrected chi connectivity index (χ0v) is 11.9. The molecule has 0 bridgehead atoms. The summed E-state index contributed by atoms with van der Waals surface area (Å²) in [6.45, 7) is 2.31. The molecule has 112 valence electrons. The Labute approximate surface area is 122 Å². The third-order valence-electron chi connectivity index (χ3n) is 2.66. The number of benzene rings is 1. The van der Waals surface area contributed by atoms with Crippen molar-refractivity contribution in [2.75, 3.05) is 25.5 Å². The molecule has 1 rings (SSSR count). The molecule has 0 saturated heterocycles. The molecule has 2 amide bonds. The van der Waals surface area contributed by atoms with Crippen molar-refractivity contribution in [1.29, 1.82) is 5.26 Å². The number of hydrogen-bond acceptors (Lipinski definition) is 4. The summed E-state index contributed by atoms with van der Waals surface area (Å²) in [5, 5.41) is 20.1. The number of carboxylic acids is 1. The Balaban J connectivity index is 2.82. The van der Waals surface area contributed by atoms with Crippen molar-refractivity contribution in [3.05, 3.63) is 23.8 Å². The number of hydrogen-bond donors (Lipinski definition) is 2. The third kappa shape index (κ3) is 5.03. The van der Waals surface area contributed by atoms with Gasteiger partial charge in [-0.3, -0.25) is 4.79 Å². The second-order valence-electron chi connectivity index (χ2n) is 4.25. The molecule has 1 aromatic rings. The minimum atomic E-state index is -0.976. The maximum Gasteiger partial charge on any atom is 0.321 e. The highest BCUT2D eigenvalue weighted by molar-refractivity contribution is 5.91. The molecule has 2 N–H and O–H groups in total. The Bertz CT molecular complexity index is 566. The van der Waals surface area contributed by atoms with E-state index in [1.165, 1.54) is 18.0 Å². The van der Waals surface area contributed by atoms with E-state index in [2.05, 4.69) is 5.32 Å². The smallest absolute Gasteiger partial charge is 0.321 e. The van der Waals surface area contributed by atoms with Gasteiger partial charge in [-0.2, -0.15) is 5.26 Å². The molecule has 0 aromatic heterocycles. The molecule has 0 aliphatic carbocycles. The molecular formula is C14H17N3O4. The van der Waals surface area contributed by atoms with Crippen molar-refractivity contribution in [2.24, 2.45) is 0 Å². The van der Waals surface area contributed by atoms with Gasteiger partial charge in [0.05, 0.1) is 30.3 Å². The van der Waals surface area contributed by atoms with Crippen LogP contribution in [0.1, 0.15) is 18.9 Å². The van der Waals surface area contributed by atoms with Crippen LogP contribution in [0.15, 0.2) is 18.2 Å². The van der Waals surface area contributed by atoms with Gasteiger partial charge in [0.15, 0.2) is 0 Å². The number of nitrogens with zero attached hydrogens (tertiary/aromatic N) is 2. The Morgan fingerprint density at radius 3 is 2.76 bits per heavy atom. The first-order chi connectivity index (χ1) is 9.97. The molecule has 0 atom stereocenters. The number of carbonyl (C=O) groups excluding carboxylic acids is 1. The van der Waals surface area contributed by atoms with E-state index in [4.69, 9.17) is 15.1 Å². The molecule has 7 nitrogen and oxygen atoms in total. The van der Waals surface area contributed by atoms with Gasteiger partial charge >= 0.3 is 12.0 Å². The lowest BCUT2D eigenvalue weighted by molar-refractivity contribution is -0.137. The maximum atomic E-state index is 12.0. The van der Waals surface area contributed by atoms with E-state index in [0.29, 0.717) is 23.6 Å². The zero-order valence-electron chi connectivity index (χ0n) is 11.9. The van der Waals surface area contributed by atoms with E-state index in [1.54, 1.807) is 12.1 Å². The number of amides is 2. The first kappa shape index (κ1) is 16.3. The Morgan fingerprint density at radius 2 is 2.19 bits per heavy atom. The van der Waals surface area contributed by atoms with Crippen LogP contribution in [-0.2, 0) is 4.79 Å². The van der Waals surface area contributed by atoms with Gasteiger partial charge in [0, 0.05) is 13.6 Å². The van der Waals surface area contributed by atoms with Crippen LogP contribution < -0.4 is 10.1 Å². The van der Waals surface area contributed by atoms with E-state index in [9.17, 15) is 9.59 Å². The van der Waals surface area contributed by atoms with Gasteiger partial charge in [-0.25, -0.2) is 4.79 Å². The second kappa shape index (κ2) is 7.75. The van der Waals surface area contributed by atoms with Crippen LogP contribution in [0, 0.1) is 11.3 Å². The fourth-order valence-electron chi connectivity index (χ4n) is 1.55. The Kier molecular flexibility index (Phi) is 6.01. The summed E-state index contributed by atoms with van der Waals surface area (Å²) in [7, 11) is 1.49. The highest BCUT2D eigenvalue weighted by atomic mass is 16.5. The molecule has 7 heteroatoms. The number of aliphatic carboxylic acids is 1. The summed E-state index contributed by atoms with van der Waals surface area (Å²) in [5.74, 6) is -0.521. The standard InChI is InChI=1S/C14H17N3O4/c1-3-21-12-5-4-10(9-15)8-11(12)16-14(20)17(2)7-6-13(18)19/h4-5,8H,3,6-7H2,1-2H3,(H,16,20)(H,18,19). The summed E-state index contributed by atoms with van der Waals surface area (Å²) in [5.41, 5.74) is 0.769. The topological polar surface area (TPSA) is 103 Å². The van der Waals surface area contributed by atoms with E-state index in [1.807, 2.05) is 13.0 Å². The highest BCUT2D eigenvalue weighted by Gasteiger charge is 2.13. The molecule has 21 heavy (non-hydrogen) atoms. The van der Waals surface area contributed by atoms with Crippen molar-refractivity contribution in [2.45, 2.75) is 13.3 Å². The number of carboxylic acid groups (broad SMARTS) is 1. The average Bonchev–Trinajstić information content (AvgIpc) is 2.46. The number of urea groups is 1. The first-order valence-electron chi connectivity index (χ1n) is 6.38. The van der Waals surface area contributed by atoms with Crippen LogP contribution in [0.2, 0.25) is 0 Å². The lowest BCUT2D eigenvalue weighted by atomic mass is 10.2. The normalized spacial score (nSPS) is 9.57. The lowest BCUT2D eigenvalue weighted by Crippen LogP contribution is -2.33. The molecule has 0 aliphatic rings. The summed E-state index contributed by atoms with van der Waals surface area (Å²) >= 11 is 0. The van der Waals surface area contributed by atoms with Crippen LogP contribution >= 0.6 is 0 Å². The summed E-state index contributed by atoms with van der Waals surface area (Å²) < 4.78 is 5.38. The number of anilines is 1. The highest BCUT2D eigenvalue weighted by Crippen LogP contribution is 2.26. The quantitative estimate of drug-likeness (QED) is 0.833. The molecule has 0 aliphatic heterocycles. The van der Waals surface area contributed by atoms with E-state index >= 15 is 0 Å². The van der Waals surface area contributed by atoms with Gasteiger partial charge in [-0.1, -0.05) is 0 Å². The van der Waals surface area contributed by atoms with Gasteiger partial charge in [0.25, 0.3) is 0 Å². The van der Waals surface area contributed by atoms with E-state index < -0.39 is 12.0 Å². The lowest BCUT2D eigenvalue weighted by Gasteiger charge is -2.18. The van der Waals surface area contributed by atoms with Crippen LogP contribution in [0.25, 0.3) is 0 Å². The SMILES string of the molecule is CCOc1ccc(C#N)cc1NC(=O)N(C)CCC(=O)O. The van der Waals surface area contributed by atoms with Crippen LogP contribution in [0.4, 0.5) is 10.5 Å². The minimum absolute atomic E-state index is 0.0864. The molecule has 0 saturated carbocycles. The second-order valence-corrected chi connectivity index (χ2v) is 4.25. The number of nitrogens with one attached hydrogen (secondary N) is 1. The predicted octanol–water partition coefficient (Wildman–Crippen LogP) is 1.90. The fraction of sp³-hybridized carbons (Fsp3) is 0.357. The molecule has 0 fully saturated rings. The van der Waals surface area contributed by atoms with Crippen molar-refractivity contribution in [3.8, 4) is 11.8 Å². The van der Waals surface area contributed by atoms with Crippen molar-refractivity contribution in [3.63, 3.8) is 0 Å². The maximum absolute atomic E-state index is 12.0. The number of rotatable bonds is 6. The molecule has 0 spiro atoms. The third-order valence-corrected chi connectivity index (χ3v) is 2.66. The van der Waals surface area contributed by atoms with Crippen LogP contribution in [-0.4, -0.2) is 42.2 Å². The monoisotopic (exact) mass is 291 g/mol. The number of nitriles is 1. The minimum Gasteiger partial charge on any atom is -0.492 e. The van der Waals surface area contributed by atoms with Crippen LogP contribution in [0.3, 0.4) is 0 Å². The van der Waals surface area contributed by atoms with Crippen molar-refractivity contribution in [1.82, 2.24) is 4.90 Å². The molecule has 1 aromatic carbocycles. The number of carbonyl (C=O) groups is 2. The fourth-order valence-corrected chi connectivity index (χ4v) is 1.55. The number of ether oxygens (including phenoxy) is 1. The Morgan fingerprint density at radius 1 is 1.48 bits per heavy atom. The largest absolute Gasteiger partial charge is 0.492 e. The zero-order chi connectivity index (χ0) is 15.8. The molecule has 0 unspecified atom stereocenters. The summed E-state index contributed by atoms with van der Waals surface area (Å²) in [4.78, 5) is 23.7. The molecule has 0 radical (unpaired) electrons. The van der Waals surface area contributed by atoms with Gasteiger partial charge < -0.3 is 20.1 Å². The van der Waals surface area contributed by atoms with Gasteiger partial charge in [0.2, 0.25) is 0 Å².